The number of benzene rings is 2. The zero-order chi connectivity index (χ0) is 13.1. The minimum atomic E-state index is -0.511. The predicted octanol–water partition coefficient (Wildman–Crippen LogP) is 3.43. The van der Waals surface area contributed by atoms with Gasteiger partial charge in [-0.1, -0.05) is 6.07 Å². The summed E-state index contributed by atoms with van der Waals surface area (Å²) in [6, 6.07) is 8.73. The van der Waals surface area contributed by atoms with Gasteiger partial charge in [-0.2, -0.15) is 0 Å². The van der Waals surface area contributed by atoms with E-state index >= 15 is 0 Å². The van der Waals surface area contributed by atoms with Gasteiger partial charge in [0.2, 0.25) is 0 Å². The molecule has 0 saturated carbocycles. The molecule has 94 valence electrons. The quantitative estimate of drug-likeness (QED) is 0.846. The van der Waals surface area contributed by atoms with E-state index in [0.29, 0.717) is 5.75 Å². The molecular weight excluding hydrogens is 236 g/mol. The summed E-state index contributed by atoms with van der Waals surface area (Å²) in [7, 11) is 0. The second-order valence-corrected chi connectivity index (χ2v) is 4.04. The van der Waals surface area contributed by atoms with Gasteiger partial charge in [0.1, 0.15) is 24.0 Å². The number of nitrogens with two attached hydrogens (primary N) is 1. The SMILES string of the molecule is Cc1cc(F)ccc1COc1ccc(N)c(F)c1. The van der Waals surface area contributed by atoms with Crippen LogP contribution in [0.1, 0.15) is 11.1 Å². The first kappa shape index (κ1) is 12.4. The van der Waals surface area contributed by atoms with E-state index in [-0.39, 0.29) is 18.1 Å². The highest BCUT2D eigenvalue weighted by Crippen LogP contribution is 2.20. The number of anilines is 1. The Labute approximate surface area is 104 Å². The van der Waals surface area contributed by atoms with Crippen LogP contribution in [0, 0.1) is 18.6 Å². The third kappa shape index (κ3) is 2.77. The molecule has 0 aliphatic carbocycles. The molecule has 2 aromatic carbocycles. The number of nitrogen functional groups attached to an aromatic ring is 1. The van der Waals surface area contributed by atoms with Crippen molar-refractivity contribution in [3.05, 3.63) is 59.2 Å². The fourth-order valence-corrected chi connectivity index (χ4v) is 1.58. The van der Waals surface area contributed by atoms with Gasteiger partial charge in [0, 0.05) is 6.07 Å². The van der Waals surface area contributed by atoms with Crippen LogP contribution in [-0.4, -0.2) is 0 Å². The second kappa shape index (κ2) is 5.04. The summed E-state index contributed by atoms with van der Waals surface area (Å²) in [5.41, 5.74) is 7.10. The monoisotopic (exact) mass is 249 g/mol. The molecule has 0 heterocycles. The maximum atomic E-state index is 13.2. The Balaban J connectivity index is 2.09. The molecule has 0 aromatic heterocycles. The van der Waals surface area contributed by atoms with Crippen molar-refractivity contribution in [2.75, 3.05) is 5.73 Å². The highest BCUT2D eigenvalue weighted by Gasteiger charge is 2.04. The second-order valence-electron chi connectivity index (χ2n) is 4.04. The van der Waals surface area contributed by atoms with E-state index < -0.39 is 5.82 Å². The van der Waals surface area contributed by atoms with E-state index in [9.17, 15) is 8.78 Å². The molecule has 18 heavy (non-hydrogen) atoms. The van der Waals surface area contributed by atoms with E-state index in [0.717, 1.165) is 11.1 Å². The summed E-state index contributed by atoms with van der Waals surface area (Å²) in [6.45, 7) is 2.06. The zero-order valence-corrected chi connectivity index (χ0v) is 9.91. The van der Waals surface area contributed by atoms with E-state index in [1.807, 2.05) is 0 Å². The molecule has 0 unspecified atom stereocenters. The number of rotatable bonds is 3. The van der Waals surface area contributed by atoms with Crippen LogP contribution in [0.2, 0.25) is 0 Å². The Bertz CT molecular complexity index is 570. The number of ether oxygens (including phenoxy) is 1. The van der Waals surface area contributed by atoms with Crippen molar-refractivity contribution in [3.8, 4) is 5.75 Å². The van der Waals surface area contributed by atoms with E-state index in [2.05, 4.69) is 0 Å². The Morgan fingerprint density at radius 1 is 1.11 bits per heavy atom. The lowest BCUT2D eigenvalue weighted by Crippen LogP contribution is -1.99. The van der Waals surface area contributed by atoms with Gasteiger partial charge in [0.15, 0.2) is 0 Å². The lowest BCUT2D eigenvalue weighted by atomic mass is 10.1. The molecule has 2 nitrogen and oxygen atoms in total. The van der Waals surface area contributed by atoms with Gasteiger partial charge in [-0.05, 0) is 42.3 Å². The lowest BCUT2D eigenvalue weighted by molar-refractivity contribution is 0.304. The van der Waals surface area contributed by atoms with Crippen LogP contribution in [-0.2, 0) is 6.61 Å². The maximum Gasteiger partial charge on any atom is 0.149 e. The van der Waals surface area contributed by atoms with Crippen LogP contribution < -0.4 is 10.5 Å². The molecule has 0 fully saturated rings. The standard InChI is InChI=1S/C14H13F2NO/c1-9-6-11(15)3-2-10(9)8-18-12-4-5-14(17)13(16)7-12/h2-7H,8,17H2,1H3. The van der Waals surface area contributed by atoms with Gasteiger partial charge in [0.05, 0.1) is 5.69 Å². The van der Waals surface area contributed by atoms with Crippen molar-refractivity contribution in [2.45, 2.75) is 13.5 Å². The van der Waals surface area contributed by atoms with Crippen LogP contribution >= 0.6 is 0 Å². The van der Waals surface area contributed by atoms with Crippen molar-refractivity contribution in [1.82, 2.24) is 0 Å². The maximum absolute atomic E-state index is 13.2. The molecule has 4 heteroatoms. The van der Waals surface area contributed by atoms with Gasteiger partial charge < -0.3 is 10.5 Å². The van der Waals surface area contributed by atoms with E-state index in [1.54, 1.807) is 19.1 Å². The number of hydrogen-bond donors (Lipinski definition) is 1. The van der Waals surface area contributed by atoms with Gasteiger partial charge >= 0.3 is 0 Å². The Morgan fingerprint density at radius 2 is 1.89 bits per heavy atom. The normalized spacial score (nSPS) is 10.4. The summed E-state index contributed by atoms with van der Waals surface area (Å²) >= 11 is 0. The Kier molecular flexibility index (Phi) is 3.46. The summed E-state index contributed by atoms with van der Waals surface area (Å²) < 4.78 is 31.5. The molecule has 2 aromatic rings. The van der Waals surface area contributed by atoms with Crippen LogP contribution in [0.3, 0.4) is 0 Å². The van der Waals surface area contributed by atoms with Crippen molar-refractivity contribution in [3.63, 3.8) is 0 Å². The summed E-state index contributed by atoms with van der Waals surface area (Å²) in [6.07, 6.45) is 0. The third-order valence-electron chi connectivity index (χ3n) is 2.67. The minimum absolute atomic E-state index is 0.0836. The molecule has 2 rings (SSSR count). The topological polar surface area (TPSA) is 35.2 Å². The van der Waals surface area contributed by atoms with Gasteiger partial charge in [-0.25, -0.2) is 8.78 Å². The Morgan fingerprint density at radius 3 is 2.56 bits per heavy atom. The molecule has 0 radical (unpaired) electrons. The molecule has 2 N–H and O–H groups in total. The van der Waals surface area contributed by atoms with Crippen molar-refractivity contribution >= 4 is 5.69 Å². The molecule has 0 spiro atoms. The van der Waals surface area contributed by atoms with Crippen LogP contribution in [0.5, 0.6) is 5.75 Å². The molecule has 0 saturated heterocycles. The predicted molar refractivity (Wildman–Crippen MR) is 66.3 cm³/mol. The average Bonchev–Trinajstić information content (AvgIpc) is 2.32. The van der Waals surface area contributed by atoms with Gasteiger partial charge in [-0.3, -0.25) is 0 Å². The Hall–Kier alpha value is -2.10. The van der Waals surface area contributed by atoms with E-state index in [1.165, 1.54) is 24.3 Å². The third-order valence-corrected chi connectivity index (χ3v) is 2.67. The summed E-state index contributed by atoms with van der Waals surface area (Å²) in [5, 5.41) is 0. The first-order valence-electron chi connectivity index (χ1n) is 5.49. The van der Waals surface area contributed by atoms with Crippen LogP contribution in [0.4, 0.5) is 14.5 Å². The number of halogens is 2. The van der Waals surface area contributed by atoms with Gasteiger partial charge in [-0.15, -0.1) is 0 Å². The minimum Gasteiger partial charge on any atom is -0.489 e. The molecule has 0 aliphatic rings. The van der Waals surface area contributed by atoms with Crippen LogP contribution in [0.25, 0.3) is 0 Å². The van der Waals surface area contributed by atoms with Crippen molar-refractivity contribution in [2.24, 2.45) is 0 Å². The van der Waals surface area contributed by atoms with E-state index in [4.69, 9.17) is 10.5 Å². The lowest BCUT2D eigenvalue weighted by Gasteiger charge is -2.09. The zero-order valence-electron chi connectivity index (χ0n) is 9.91. The number of hydrogen-bond acceptors (Lipinski definition) is 2. The fourth-order valence-electron chi connectivity index (χ4n) is 1.58. The fraction of sp³-hybridized carbons (Fsp3) is 0.143. The first-order chi connectivity index (χ1) is 8.56. The average molecular weight is 249 g/mol. The molecule has 0 aliphatic heterocycles. The molecule has 0 atom stereocenters. The highest BCUT2D eigenvalue weighted by molar-refractivity contribution is 5.43. The highest BCUT2D eigenvalue weighted by atomic mass is 19.1. The first-order valence-corrected chi connectivity index (χ1v) is 5.49. The summed E-state index contributed by atoms with van der Waals surface area (Å²) in [4.78, 5) is 0. The summed E-state index contributed by atoms with van der Waals surface area (Å²) in [5.74, 6) is -0.400. The molecular formula is C14H13F2NO. The number of aryl methyl sites for hydroxylation is 1. The molecule has 0 amide bonds. The van der Waals surface area contributed by atoms with Crippen LogP contribution in [0.15, 0.2) is 36.4 Å². The largest absolute Gasteiger partial charge is 0.489 e. The molecule has 0 bridgehead atoms. The van der Waals surface area contributed by atoms with Crippen molar-refractivity contribution in [1.29, 1.82) is 0 Å². The smallest absolute Gasteiger partial charge is 0.149 e. The van der Waals surface area contributed by atoms with Crippen molar-refractivity contribution < 1.29 is 13.5 Å². The van der Waals surface area contributed by atoms with Gasteiger partial charge in [0.25, 0.3) is 0 Å².